The predicted molar refractivity (Wildman–Crippen MR) is 62.3 cm³/mol. The van der Waals surface area contributed by atoms with E-state index in [-0.39, 0.29) is 6.42 Å². The minimum Gasteiger partial charge on any atom is -0.481 e. The van der Waals surface area contributed by atoms with Gasteiger partial charge in [-0.25, -0.2) is 0 Å². The van der Waals surface area contributed by atoms with Crippen molar-refractivity contribution in [1.82, 2.24) is 9.55 Å². The molecule has 0 unspecified atom stereocenters. The molecule has 1 aromatic heterocycles. The summed E-state index contributed by atoms with van der Waals surface area (Å²) in [6.45, 7) is 0. The summed E-state index contributed by atoms with van der Waals surface area (Å²) in [5, 5.41) is 8.64. The van der Waals surface area contributed by atoms with E-state index in [9.17, 15) is 4.79 Å². The van der Waals surface area contributed by atoms with E-state index in [4.69, 9.17) is 17.3 Å². The molecule has 82 valence electrons. The van der Waals surface area contributed by atoms with Crippen molar-refractivity contribution in [3.63, 3.8) is 0 Å². The molecule has 0 aliphatic rings. The zero-order valence-electron chi connectivity index (χ0n) is 8.38. The van der Waals surface area contributed by atoms with Gasteiger partial charge in [0.15, 0.2) is 4.77 Å². The average molecular weight is 234 g/mol. The van der Waals surface area contributed by atoms with E-state index >= 15 is 0 Å². The normalized spacial score (nSPS) is 10.2. The number of carboxylic acids is 1. The zero-order valence-corrected chi connectivity index (χ0v) is 9.20. The van der Waals surface area contributed by atoms with Crippen molar-refractivity contribution in [2.45, 2.75) is 6.42 Å². The van der Waals surface area contributed by atoms with Gasteiger partial charge in [0.05, 0.1) is 6.42 Å². The van der Waals surface area contributed by atoms with Crippen LogP contribution in [0.5, 0.6) is 0 Å². The summed E-state index contributed by atoms with van der Waals surface area (Å²) in [6.07, 6.45) is 3.63. The first-order valence-corrected chi connectivity index (χ1v) is 5.15. The van der Waals surface area contributed by atoms with Crippen LogP contribution in [0.15, 0.2) is 36.7 Å². The number of benzene rings is 1. The highest BCUT2D eigenvalue weighted by Crippen LogP contribution is 2.10. The minimum atomic E-state index is -0.828. The van der Waals surface area contributed by atoms with E-state index in [0.717, 1.165) is 11.3 Å². The molecule has 0 atom stereocenters. The molecule has 16 heavy (non-hydrogen) atoms. The fourth-order valence-corrected chi connectivity index (χ4v) is 1.71. The monoisotopic (exact) mass is 234 g/mol. The van der Waals surface area contributed by atoms with Gasteiger partial charge >= 0.3 is 5.97 Å². The molecule has 0 fully saturated rings. The summed E-state index contributed by atoms with van der Waals surface area (Å²) in [5.41, 5.74) is 1.69. The Bertz CT molecular complexity index is 554. The van der Waals surface area contributed by atoms with Crippen LogP contribution < -0.4 is 0 Å². The summed E-state index contributed by atoms with van der Waals surface area (Å²) in [4.78, 5) is 13.4. The van der Waals surface area contributed by atoms with E-state index in [1.165, 1.54) is 0 Å². The van der Waals surface area contributed by atoms with Gasteiger partial charge in [0.1, 0.15) is 0 Å². The van der Waals surface area contributed by atoms with Gasteiger partial charge in [-0.1, -0.05) is 12.1 Å². The first-order chi connectivity index (χ1) is 7.66. The third-order valence-corrected chi connectivity index (χ3v) is 2.53. The molecule has 0 saturated heterocycles. The minimum absolute atomic E-state index is 0.0405. The maximum absolute atomic E-state index is 10.5. The van der Waals surface area contributed by atoms with Gasteiger partial charge in [0, 0.05) is 18.1 Å². The number of aromatic amines is 1. The van der Waals surface area contributed by atoms with E-state index < -0.39 is 5.97 Å². The SMILES string of the molecule is O=C(O)Cc1ccc(-n2cc[nH]c2=S)cc1. The molecule has 0 saturated carbocycles. The molecule has 0 amide bonds. The van der Waals surface area contributed by atoms with Crippen LogP contribution in [0.1, 0.15) is 5.56 Å². The fraction of sp³-hybridized carbons (Fsp3) is 0.0909. The smallest absolute Gasteiger partial charge is 0.307 e. The van der Waals surface area contributed by atoms with Crippen LogP contribution >= 0.6 is 12.2 Å². The number of imidazole rings is 1. The van der Waals surface area contributed by atoms with Crippen LogP contribution in [0.3, 0.4) is 0 Å². The summed E-state index contributed by atoms with van der Waals surface area (Å²) in [6, 6.07) is 7.28. The van der Waals surface area contributed by atoms with Gasteiger partial charge in [-0.15, -0.1) is 0 Å². The second-order valence-corrected chi connectivity index (χ2v) is 3.76. The van der Waals surface area contributed by atoms with E-state index in [0.29, 0.717) is 4.77 Å². The number of nitrogens with one attached hydrogen (secondary N) is 1. The van der Waals surface area contributed by atoms with Crippen LogP contribution in [0.4, 0.5) is 0 Å². The largest absolute Gasteiger partial charge is 0.481 e. The number of carboxylic acid groups (broad SMARTS) is 1. The Morgan fingerprint density at radius 1 is 1.38 bits per heavy atom. The molecule has 0 radical (unpaired) electrons. The highest BCUT2D eigenvalue weighted by molar-refractivity contribution is 7.71. The average Bonchev–Trinajstić information content (AvgIpc) is 2.65. The number of H-pyrrole nitrogens is 1. The lowest BCUT2D eigenvalue weighted by Gasteiger charge is -2.03. The van der Waals surface area contributed by atoms with Gasteiger partial charge in [0.25, 0.3) is 0 Å². The molecule has 0 bridgehead atoms. The number of hydrogen-bond donors (Lipinski definition) is 2. The lowest BCUT2D eigenvalue weighted by Crippen LogP contribution is -2.00. The highest BCUT2D eigenvalue weighted by atomic mass is 32.1. The molecule has 1 aromatic carbocycles. The van der Waals surface area contributed by atoms with Crippen LogP contribution in [-0.4, -0.2) is 20.6 Å². The zero-order chi connectivity index (χ0) is 11.5. The summed E-state index contributed by atoms with van der Waals surface area (Å²) >= 11 is 5.08. The number of aromatic nitrogens is 2. The molecule has 0 aliphatic heterocycles. The number of nitrogens with zero attached hydrogens (tertiary/aromatic N) is 1. The Balaban J connectivity index is 2.30. The molecule has 4 nitrogen and oxygen atoms in total. The van der Waals surface area contributed by atoms with Crippen molar-refractivity contribution in [2.75, 3.05) is 0 Å². The maximum atomic E-state index is 10.5. The Labute approximate surface area is 97.2 Å². The van der Waals surface area contributed by atoms with Crippen LogP contribution in [0, 0.1) is 4.77 Å². The molecule has 2 rings (SSSR count). The Morgan fingerprint density at radius 3 is 2.56 bits per heavy atom. The number of aliphatic carboxylic acids is 1. The predicted octanol–water partition coefficient (Wildman–Crippen LogP) is 2.16. The van der Waals surface area contributed by atoms with Gasteiger partial charge in [-0.05, 0) is 29.9 Å². The second-order valence-electron chi connectivity index (χ2n) is 3.37. The second kappa shape index (κ2) is 4.32. The van der Waals surface area contributed by atoms with Gasteiger partial charge in [-0.3, -0.25) is 9.36 Å². The van der Waals surface area contributed by atoms with Crippen LogP contribution in [0.25, 0.3) is 5.69 Å². The highest BCUT2D eigenvalue weighted by Gasteiger charge is 2.01. The van der Waals surface area contributed by atoms with Gasteiger partial charge in [-0.2, -0.15) is 0 Å². The number of carbonyl (C=O) groups is 1. The standard InChI is InChI=1S/C11H10N2O2S/c14-10(15)7-8-1-3-9(4-2-8)13-6-5-12-11(13)16/h1-6H,7H2,(H,12,16)(H,14,15). The van der Waals surface area contributed by atoms with Crippen LogP contribution in [0.2, 0.25) is 0 Å². The lowest BCUT2D eigenvalue weighted by atomic mass is 10.1. The molecule has 2 aromatic rings. The maximum Gasteiger partial charge on any atom is 0.307 e. The van der Waals surface area contributed by atoms with E-state index in [2.05, 4.69) is 4.98 Å². The number of rotatable bonds is 3. The fourth-order valence-electron chi connectivity index (χ4n) is 1.47. The summed E-state index contributed by atoms with van der Waals surface area (Å²) in [5.74, 6) is -0.828. The molecule has 0 aliphatic carbocycles. The number of hydrogen-bond acceptors (Lipinski definition) is 2. The third kappa shape index (κ3) is 2.20. The topological polar surface area (TPSA) is 58.0 Å². The van der Waals surface area contributed by atoms with Gasteiger partial charge < -0.3 is 10.1 Å². The molecule has 1 heterocycles. The third-order valence-electron chi connectivity index (χ3n) is 2.22. The molecular formula is C11H10N2O2S. The first-order valence-electron chi connectivity index (χ1n) is 4.74. The Hall–Kier alpha value is -1.88. The molecule has 5 heteroatoms. The van der Waals surface area contributed by atoms with E-state index in [1.54, 1.807) is 18.3 Å². The Kier molecular flexibility index (Phi) is 2.87. The van der Waals surface area contributed by atoms with Crippen molar-refractivity contribution in [3.05, 3.63) is 47.0 Å². The first kappa shape index (κ1) is 10.6. The van der Waals surface area contributed by atoms with Crippen LogP contribution in [-0.2, 0) is 11.2 Å². The van der Waals surface area contributed by atoms with Crippen molar-refractivity contribution in [2.24, 2.45) is 0 Å². The quantitative estimate of drug-likeness (QED) is 0.800. The molecular weight excluding hydrogens is 224 g/mol. The molecule has 2 N–H and O–H groups in total. The van der Waals surface area contributed by atoms with Crippen molar-refractivity contribution in [3.8, 4) is 5.69 Å². The summed E-state index contributed by atoms with van der Waals surface area (Å²) in [7, 11) is 0. The summed E-state index contributed by atoms with van der Waals surface area (Å²) < 4.78 is 2.44. The van der Waals surface area contributed by atoms with Crippen molar-refractivity contribution < 1.29 is 9.90 Å². The van der Waals surface area contributed by atoms with E-state index in [1.807, 2.05) is 22.9 Å². The Morgan fingerprint density at radius 2 is 2.06 bits per heavy atom. The van der Waals surface area contributed by atoms with Crippen molar-refractivity contribution in [1.29, 1.82) is 0 Å². The van der Waals surface area contributed by atoms with Crippen molar-refractivity contribution >= 4 is 18.2 Å². The molecule has 0 spiro atoms. The van der Waals surface area contributed by atoms with Gasteiger partial charge in [0.2, 0.25) is 0 Å². The lowest BCUT2D eigenvalue weighted by molar-refractivity contribution is -0.136.